The van der Waals surface area contributed by atoms with Crippen LogP contribution in [0.25, 0.3) is 0 Å². The number of rotatable bonds is 1. The molecular weight excluding hydrogens is 184 g/mol. The standard InChI is InChI=1S/C9H12N2OS/c1-5-2-3-7-6(4-5)11-9(13-7)8(10)12/h5H,2-4H2,1H3,(H2,10,12). The molecule has 13 heavy (non-hydrogen) atoms. The summed E-state index contributed by atoms with van der Waals surface area (Å²) in [7, 11) is 0. The van der Waals surface area contributed by atoms with E-state index in [1.54, 1.807) is 0 Å². The van der Waals surface area contributed by atoms with Crippen molar-refractivity contribution < 1.29 is 4.79 Å². The minimum Gasteiger partial charge on any atom is -0.364 e. The molecule has 2 rings (SSSR count). The van der Waals surface area contributed by atoms with Crippen LogP contribution in [0.2, 0.25) is 0 Å². The lowest BCUT2D eigenvalue weighted by Crippen LogP contribution is -2.11. The average molecular weight is 196 g/mol. The molecule has 2 N–H and O–H groups in total. The Balaban J connectivity index is 2.33. The van der Waals surface area contributed by atoms with Gasteiger partial charge in [-0.2, -0.15) is 0 Å². The van der Waals surface area contributed by atoms with Crippen LogP contribution in [0.5, 0.6) is 0 Å². The van der Waals surface area contributed by atoms with Gasteiger partial charge in [0.2, 0.25) is 0 Å². The van der Waals surface area contributed by atoms with Gasteiger partial charge >= 0.3 is 0 Å². The van der Waals surface area contributed by atoms with Crippen LogP contribution in [0.4, 0.5) is 0 Å². The van der Waals surface area contributed by atoms with Gasteiger partial charge in [0, 0.05) is 4.88 Å². The highest BCUT2D eigenvalue weighted by molar-refractivity contribution is 7.13. The molecule has 0 saturated heterocycles. The van der Waals surface area contributed by atoms with Crippen molar-refractivity contribution in [2.24, 2.45) is 11.7 Å². The molecule has 0 saturated carbocycles. The Bertz CT molecular complexity index is 345. The van der Waals surface area contributed by atoms with E-state index < -0.39 is 5.91 Å². The maximum absolute atomic E-state index is 10.9. The number of hydrogen-bond acceptors (Lipinski definition) is 3. The number of primary amides is 1. The molecule has 1 aliphatic rings. The van der Waals surface area contributed by atoms with Gasteiger partial charge in [-0.05, 0) is 25.2 Å². The van der Waals surface area contributed by atoms with Crippen molar-refractivity contribution in [3.63, 3.8) is 0 Å². The Morgan fingerprint density at radius 2 is 2.46 bits per heavy atom. The van der Waals surface area contributed by atoms with E-state index in [0.717, 1.165) is 18.5 Å². The van der Waals surface area contributed by atoms with E-state index in [-0.39, 0.29) is 0 Å². The molecule has 0 aromatic carbocycles. The molecule has 0 fully saturated rings. The van der Waals surface area contributed by atoms with Crippen LogP contribution in [-0.4, -0.2) is 10.9 Å². The summed E-state index contributed by atoms with van der Waals surface area (Å²) < 4.78 is 0. The van der Waals surface area contributed by atoms with Crippen LogP contribution in [0.15, 0.2) is 0 Å². The lowest BCUT2D eigenvalue weighted by Gasteiger charge is -2.15. The normalized spacial score (nSPS) is 21.2. The van der Waals surface area contributed by atoms with Gasteiger partial charge in [0.15, 0.2) is 5.01 Å². The number of carbonyl (C=O) groups is 1. The molecule has 0 aliphatic heterocycles. The van der Waals surface area contributed by atoms with Crippen molar-refractivity contribution in [3.8, 4) is 0 Å². The van der Waals surface area contributed by atoms with Crippen molar-refractivity contribution in [2.45, 2.75) is 26.2 Å². The molecule has 1 amide bonds. The Morgan fingerprint density at radius 1 is 1.69 bits per heavy atom. The van der Waals surface area contributed by atoms with E-state index >= 15 is 0 Å². The highest BCUT2D eigenvalue weighted by Gasteiger charge is 2.20. The second-order valence-corrected chi connectivity index (χ2v) is 4.68. The summed E-state index contributed by atoms with van der Waals surface area (Å²) >= 11 is 1.46. The molecular formula is C9H12N2OS. The largest absolute Gasteiger partial charge is 0.364 e. The lowest BCUT2D eigenvalue weighted by molar-refractivity contribution is 0.0999. The summed E-state index contributed by atoms with van der Waals surface area (Å²) in [6, 6.07) is 0. The maximum atomic E-state index is 10.9. The van der Waals surface area contributed by atoms with Gasteiger partial charge in [0.05, 0.1) is 5.69 Å². The minimum absolute atomic E-state index is 0.396. The molecule has 0 bridgehead atoms. The molecule has 1 atom stereocenters. The zero-order valence-electron chi connectivity index (χ0n) is 7.54. The summed E-state index contributed by atoms with van der Waals surface area (Å²) in [5, 5.41) is 0.471. The predicted molar refractivity (Wildman–Crippen MR) is 51.8 cm³/mol. The number of aryl methyl sites for hydroxylation is 1. The Labute approximate surface area is 81.0 Å². The second kappa shape index (κ2) is 3.10. The van der Waals surface area contributed by atoms with Crippen molar-refractivity contribution in [1.82, 2.24) is 4.98 Å². The third kappa shape index (κ3) is 1.58. The SMILES string of the molecule is CC1CCc2sc(C(N)=O)nc2C1. The first-order valence-electron chi connectivity index (χ1n) is 4.45. The molecule has 3 nitrogen and oxygen atoms in total. The van der Waals surface area contributed by atoms with Crippen LogP contribution in [0.1, 0.15) is 33.7 Å². The fourth-order valence-electron chi connectivity index (χ4n) is 1.65. The van der Waals surface area contributed by atoms with Crippen molar-refractivity contribution in [1.29, 1.82) is 0 Å². The van der Waals surface area contributed by atoms with Gasteiger partial charge in [0.25, 0.3) is 5.91 Å². The predicted octanol–water partition coefficient (Wildman–Crippen LogP) is 1.37. The Morgan fingerprint density at radius 3 is 3.15 bits per heavy atom. The Kier molecular flexibility index (Phi) is 2.07. The molecule has 1 aliphatic carbocycles. The monoisotopic (exact) mass is 196 g/mol. The van der Waals surface area contributed by atoms with E-state index in [4.69, 9.17) is 5.73 Å². The third-order valence-corrected chi connectivity index (χ3v) is 3.57. The highest BCUT2D eigenvalue weighted by Crippen LogP contribution is 2.29. The summed E-state index contributed by atoms with van der Waals surface area (Å²) in [5.74, 6) is 0.294. The smallest absolute Gasteiger partial charge is 0.277 e. The van der Waals surface area contributed by atoms with E-state index in [2.05, 4.69) is 11.9 Å². The number of thiazole rings is 1. The number of fused-ring (bicyclic) bond motifs is 1. The quantitative estimate of drug-likeness (QED) is 0.737. The molecule has 4 heteroatoms. The lowest BCUT2D eigenvalue weighted by atomic mass is 9.93. The highest BCUT2D eigenvalue weighted by atomic mass is 32.1. The summed E-state index contributed by atoms with van der Waals surface area (Å²) in [5.41, 5.74) is 6.26. The molecule has 1 unspecified atom stereocenters. The van der Waals surface area contributed by atoms with Crippen molar-refractivity contribution in [3.05, 3.63) is 15.6 Å². The summed E-state index contributed by atoms with van der Waals surface area (Å²) in [6.45, 7) is 2.21. The van der Waals surface area contributed by atoms with Crippen LogP contribution < -0.4 is 5.73 Å². The second-order valence-electron chi connectivity index (χ2n) is 3.60. The van der Waals surface area contributed by atoms with E-state index in [1.165, 1.54) is 22.6 Å². The van der Waals surface area contributed by atoms with Gasteiger partial charge in [-0.1, -0.05) is 6.92 Å². The first kappa shape index (κ1) is 8.69. The van der Waals surface area contributed by atoms with Gasteiger partial charge in [-0.15, -0.1) is 11.3 Å². The van der Waals surface area contributed by atoms with Crippen LogP contribution in [0.3, 0.4) is 0 Å². The maximum Gasteiger partial charge on any atom is 0.277 e. The molecule has 0 radical (unpaired) electrons. The minimum atomic E-state index is -0.396. The van der Waals surface area contributed by atoms with Crippen LogP contribution in [0, 0.1) is 5.92 Å². The van der Waals surface area contributed by atoms with Crippen LogP contribution >= 0.6 is 11.3 Å². The van der Waals surface area contributed by atoms with Gasteiger partial charge in [0.1, 0.15) is 0 Å². The van der Waals surface area contributed by atoms with Crippen molar-refractivity contribution in [2.75, 3.05) is 0 Å². The van der Waals surface area contributed by atoms with Gasteiger partial charge < -0.3 is 5.73 Å². The summed E-state index contributed by atoms with van der Waals surface area (Å²) in [4.78, 5) is 16.4. The number of carbonyl (C=O) groups excluding carboxylic acids is 1. The number of nitrogens with two attached hydrogens (primary N) is 1. The van der Waals surface area contributed by atoms with Crippen molar-refractivity contribution >= 4 is 17.2 Å². The molecule has 1 aromatic rings. The first-order valence-corrected chi connectivity index (χ1v) is 5.27. The zero-order chi connectivity index (χ0) is 9.42. The number of hydrogen-bond donors (Lipinski definition) is 1. The third-order valence-electron chi connectivity index (χ3n) is 2.40. The fraction of sp³-hybridized carbons (Fsp3) is 0.556. The Hall–Kier alpha value is -0.900. The van der Waals surface area contributed by atoms with Gasteiger partial charge in [-0.25, -0.2) is 4.98 Å². The van der Waals surface area contributed by atoms with Crippen LogP contribution in [-0.2, 0) is 12.8 Å². The first-order chi connectivity index (χ1) is 6.16. The molecule has 1 aromatic heterocycles. The van der Waals surface area contributed by atoms with E-state index in [1.807, 2.05) is 0 Å². The molecule has 0 spiro atoms. The van der Waals surface area contributed by atoms with Gasteiger partial charge in [-0.3, -0.25) is 4.79 Å². The fourth-order valence-corrected chi connectivity index (χ4v) is 2.61. The zero-order valence-corrected chi connectivity index (χ0v) is 8.36. The number of amides is 1. The topological polar surface area (TPSA) is 56.0 Å². The molecule has 70 valence electrons. The number of aromatic nitrogens is 1. The van der Waals surface area contributed by atoms with E-state index in [9.17, 15) is 4.79 Å². The van der Waals surface area contributed by atoms with E-state index in [0.29, 0.717) is 10.9 Å². The molecule has 1 heterocycles. The number of nitrogens with zero attached hydrogens (tertiary/aromatic N) is 1. The summed E-state index contributed by atoms with van der Waals surface area (Å²) in [6.07, 6.45) is 3.26. The average Bonchev–Trinajstić information content (AvgIpc) is 2.46.